The summed E-state index contributed by atoms with van der Waals surface area (Å²) in [6.45, 7) is 3.85. The molecule has 4 heteroatoms. The number of methoxy groups -OCH3 is 2. The molecule has 4 nitrogen and oxygen atoms in total. The highest BCUT2D eigenvalue weighted by atomic mass is 16.5. The highest BCUT2D eigenvalue weighted by molar-refractivity contribution is 5.94. The third-order valence-electron chi connectivity index (χ3n) is 3.06. The van der Waals surface area contributed by atoms with E-state index in [-0.39, 0.29) is 0 Å². The van der Waals surface area contributed by atoms with Gasteiger partial charge in [0.05, 0.1) is 19.8 Å². The van der Waals surface area contributed by atoms with Gasteiger partial charge in [-0.3, -0.25) is 0 Å². The van der Waals surface area contributed by atoms with E-state index in [1.54, 1.807) is 20.4 Å². The maximum absolute atomic E-state index is 5.51. The van der Waals surface area contributed by atoms with Gasteiger partial charge in [0, 0.05) is 11.6 Å². The standard InChI is InChI=1S/C16H18N2O2/c1-6-16(2,3)18-15-12-10-14(20-5)13(19-4)9-11(12)7-8-17-15/h1,7-10H,2-5H3,(H,17,18). The fourth-order valence-electron chi connectivity index (χ4n) is 1.93. The summed E-state index contributed by atoms with van der Waals surface area (Å²) in [7, 11) is 3.23. The lowest BCUT2D eigenvalue weighted by atomic mass is 10.1. The summed E-state index contributed by atoms with van der Waals surface area (Å²) < 4.78 is 10.6. The van der Waals surface area contributed by atoms with Gasteiger partial charge in [-0.1, -0.05) is 5.92 Å². The predicted molar refractivity (Wildman–Crippen MR) is 81.4 cm³/mol. The molecule has 1 N–H and O–H groups in total. The molecule has 0 radical (unpaired) electrons. The summed E-state index contributed by atoms with van der Waals surface area (Å²) in [5, 5.41) is 5.20. The molecule has 0 aliphatic heterocycles. The third-order valence-corrected chi connectivity index (χ3v) is 3.06. The van der Waals surface area contributed by atoms with Crippen LogP contribution in [0.25, 0.3) is 10.8 Å². The first-order valence-corrected chi connectivity index (χ1v) is 6.27. The predicted octanol–water partition coefficient (Wildman–Crippen LogP) is 3.08. The van der Waals surface area contributed by atoms with E-state index in [2.05, 4.69) is 16.2 Å². The molecule has 0 atom stereocenters. The van der Waals surface area contributed by atoms with Crippen molar-refractivity contribution >= 4 is 16.6 Å². The zero-order valence-electron chi connectivity index (χ0n) is 12.2. The zero-order chi connectivity index (χ0) is 14.8. The van der Waals surface area contributed by atoms with Gasteiger partial charge in [0.1, 0.15) is 5.82 Å². The number of ether oxygens (including phenoxy) is 2. The van der Waals surface area contributed by atoms with Crippen LogP contribution >= 0.6 is 0 Å². The van der Waals surface area contributed by atoms with Crippen LogP contribution in [0.3, 0.4) is 0 Å². The SMILES string of the molecule is C#CC(C)(C)Nc1nccc2cc(OC)c(OC)cc12. The Hall–Kier alpha value is -2.41. The third kappa shape index (κ3) is 2.62. The van der Waals surface area contributed by atoms with Crippen LogP contribution in [0.15, 0.2) is 24.4 Å². The molecular weight excluding hydrogens is 252 g/mol. The van der Waals surface area contributed by atoms with E-state index in [4.69, 9.17) is 15.9 Å². The molecule has 0 amide bonds. The average Bonchev–Trinajstić information content (AvgIpc) is 2.46. The van der Waals surface area contributed by atoms with Gasteiger partial charge in [-0.2, -0.15) is 0 Å². The molecule has 1 heterocycles. The van der Waals surface area contributed by atoms with Gasteiger partial charge in [0.15, 0.2) is 11.5 Å². The van der Waals surface area contributed by atoms with E-state index in [1.807, 2.05) is 32.0 Å². The van der Waals surface area contributed by atoms with E-state index >= 15 is 0 Å². The first-order chi connectivity index (χ1) is 9.50. The summed E-state index contributed by atoms with van der Waals surface area (Å²) in [6.07, 6.45) is 7.25. The second-order valence-corrected chi connectivity index (χ2v) is 4.98. The Morgan fingerprint density at radius 3 is 2.45 bits per heavy atom. The number of hydrogen-bond acceptors (Lipinski definition) is 4. The number of benzene rings is 1. The van der Waals surface area contributed by atoms with Crippen molar-refractivity contribution in [3.05, 3.63) is 24.4 Å². The van der Waals surface area contributed by atoms with Gasteiger partial charge in [-0.05, 0) is 37.4 Å². The molecule has 0 aliphatic rings. The summed E-state index contributed by atoms with van der Waals surface area (Å²) in [5.41, 5.74) is -0.478. The summed E-state index contributed by atoms with van der Waals surface area (Å²) in [5.74, 6) is 4.78. The van der Waals surface area contributed by atoms with Crippen LogP contribution in [-0.2, 0) is 0 Å². The largest absolute Gasteiger partial charge is 0.493 e. The molecule has 0 saturated carbocycles. The van der Waals surface area contributed by atoms with Crippen molar-refractivity contribution in [2.24, 2.45) is 0 Å². The van der Waals surface area contributed by atoms with Crippen LogP contribution in [0.1, 0.15) is 13.8 Å². The molecular formula is C16H18N2O2. The first-order valence-electron chi connectivity index (χ1n) is 6.27. The van der Waals surface area contributed by atoms with Gasteiger partial charge in [-0.25, -0.2) is 4.98 Å². The summed E-state index contributed by atoms with van der Waals surface area (Å²) in [6, 6.07) is 5.74. The van der Waals surface area contributed by atoms with Gasteiger partial charge < -0.3 is 14.8 Å². The van der Waals surface area contributed by atoms with Crippen LogP contribution in [0, 0.1) is 12.3 Å². The summed E-state index contributed by atoms with van der Waals surface area (Å²) in [4.78, 5) is 4.37. The molecule has 1 aromatic carbocycles. The minimum absolute atomic E-state index is 0.478. The van der Waals surface area contributed by atoms with Crippen LogP contribution in [0.5, 0.6) is 11.5 Å². The number of hydrogen-bond donors (Lipinski definition) is 1. The van der Waals surface area contributed by atoms with Crippen molar-refractivity contribution in [3.63, 3.8) is 0 Å². The van der Waals surface area contributed by atoms with Gasteiger partial charge >= 0.3 is 0 Å². The zero-order valence-corrected chi connectivity index (χ0v) is 12.2. The van der Waals surface area contributed by atoms with Crippen molar-refractivity contribution < 1.29 is 9.47 Å². The average molecular weight is 270 g/mol. The number of aromatic nitrogens is 1. The van der Waals surface area contributed by atoms with E-state index in [9.17, 15) is 0 Å². The topological polar surface area (TPSA) is 43.4 Å². The Morgan fingerprint density at radius 1 is 1.20 bits per heavy atom. The minimum atomic E-state index is -0.478. The lowest BCUT2D eigenvalue weighted by Gasteiger charge is -2.21. The Balaban J connectivity index is 2.60. The van der Waals surface area contributed by atoms with Crippen molar-refractivity contribution in [1.82, 2.24) is 4.98 Å². The van der Waals surface area contributed by atoms with Crippen molar-refractivity contribution in [2.75, 3.05) is 19.5 Å². The second kappa shape index (κ2) is 5.30. The van der Waals surface area contributed by atoms with E-state index in [1.165, 1.54) is 0 Å². The van der Waals surface area contributed by atoms with Crippen LogP contribution in [-0.4, -0.2) is 24.7 Å². The Morgan fingerprint density at radius 2 is 1.85 bits per heavy atom. The quantitative estimate of drug-likeness (QED) is 0.867. The van der Waals surface area contributed by atoms with Gasteiger partial charge in [-0.15, -0.1) is 6.42 Å². The molecule has 0 aliphatic carbocycles. The highest BCUT2D eigenvalue weighted by Crippen LogP contribution is 2.35. The number of fused-ring (bicyclic) bond motifs is 1. The number of anilines is 1. The lowest BCUT2D eigenvalue weighted by Crippen LogP contribution is -2.29. The molecule has 0 unspecified atom stereocenters. The Bertz CT molecular complexity index is 672. The number of nitrogens with zero attached hydrogens (tertiary/aromatic N) is 1. The minimum Gasteiger partial charge on any atom is -0.493 e. The van der Waals surface area contributed by atoms with Gasteiger partial charge in [0.2, 0.25) is 0 Å². The van der Waals surface area contributed by atoms with E-state index < -0.39 is 5.54 Å². The Kier molecular flexibility index (Phi) is 3.71. The molecule has 0 saturated heterocycles. The molecule has 0 fully saturated rings. The molecule has 20 heavy (non-hydrogen) atoms. The number of nitrogens with one attached hydrogen (secondary N) is 1. The first kappa shape index (κ1) is 14.0. The maximum Gasteiger partial charge on any atom is 0.161 e. The fraction of sp³-hybridized carbons (Fsp3) is 0.312. The lowest BCUT2D eigenvalue weighted by molar-refractivity contribution is 0.356. The van der Waals surface area contributed by atoms with Crippen LogP contribution in [0.4, 0.5) is 5.82 Å². The van der Waals surface area contributed by atoms with E-state index in [0.29, 0.717) is 11.5 Å². The van der Waals surface area contributed by atoms with Crippen molar-refractivity contribution in [3.8, 4) is 23.8 Å². The number of terminal acetylenes is 1. The number of pyridine rings is 1. The molecule has 104 valence electrons. The molecule has 2 rings (SSSR count). The van der Waals surface area contributed by atoms with Crippen LogP contribution < -0.4 is 14.8 Å². The Labute approximate surface area is 119 Å². The molecule has 0 spiro atoms. The molecule has 2 aromatic rings. The maximum atomic E-state index is 5.51. The second-order valence-electron chi connectivity index (χ2n) is 4.98. The normalized spacial score (nSPS) is 10.9. The monoisotopic (exact) mass is 270 g/mol. The molecule has 1 aromatic heterocycles. The fourth-order valence-corrected chi connectivity index (χ4v) is 1.93. The van der Waals surface area contributed by atoms with Crippen molar-refractivity contribution in [2.45, 2.75) is 19.4 Å². The van der Waals surface area contributed by atoms with E-state index in [0.717, 1.165) is 16.6 Å². The number of rotatable bonds is 4. The highest BCUT2D eigenvalue weighted by Gasteiger charge is 2.16. The van der Waals surface area contributed by atoms with Crippen LogP contribution in [0.2, 0.25) is 0 Å². The summed E-state index contributed by atoms with van der Waals surface area (Å²) >= 11 is 0. The van der Waals surface area contributed by atoms with Gasteiger partial charge in [0.25, 0.3) is 0 Å². The van der Waals surface area contributed by atoms with Crippen molar-refractivity contribution in [1.29, 1.82) is 0 Å². The molecule has 0 bridgehead atoms. The smallest absolute Gasteiger partial charge is 0.161 e.